The number of fused-ring (bicyclic) bond motifs is 1. The summed E-state index contributed by atoms with van der Waals surface area (Å²) in [7, 11) is 1.54. The number of nitrogens with zero attached hydrogens (tertiary/aromatic N) is 1. The highest BCUT2D eigenvalue weighted by molar-refractivity contribution is 9.10. The Labute approximate surface area is 194 Å². The second kappa shape index (κ2) is 9.67. The van der Waals surface area contributed by atoms with Crippen molar-refractivity contribution < 1.29 is 13.9 Å². The number of halogens is 2. The van der Waals surface area contributed by atoms with Crippen LogP contribution >= 0.6 is 15.9 Å². The van der Waals surface area contributed by atoms with Gasteiger partial charge in [0.15, 0.2) is 11.5 Å². The molecule has 0 radical (unpaired) electrons. The minimum atomic E-state index is -0.323. The number of nitriles is 1. The molecular weight excluding hydrogens is 469 g/mol. The third-order valence-electron chi connectivity index (χ3n) is 5.07. The molecule has 0 aromatic heterocycles. The van der Waals surface area contributed by atoms with E-state index in [-0.39, 0.29) is 12.4 Å². The summed E-state index contributed by atoms with van der Waals surface area (Å²) >= 11 is 3.52. The Bertz CT molecular complexity index is 1360. The van der Waals surface area contributed by atoms with E-state index in [0.717, 1.165) is 21.9 Å². The van der Waals surface area contributed by atoms with Crippen molar-refractivity contribution in [1.29, 1.82) is 5.26 Å². The zero-order valence-corrected chi connectivity index (χ0v) is 18.9. The minimum Gasteiger partial charge on any atom is -0.493 e. The quantitative estimate of drug-likeness (QED) is 0.210. The van der Waals surface area contributed by atoms with Crippen molar-refractivity contribution in [2.24, 2.45) is 0 Å². The first-order valence-corrected chi connectivity index (χ1v) is 10.7. The molecule has 0 aliphatic carbocycles. The number of methoxy groups -OCH3 is 1. The molecule has 0 saturated carbocycles. The van der Waals surface area contributed by atoms with Gasteiger partial charge in [-0.2, -0.15) is 5.26 Å². The molecule has 158 valence electrons. The van der Waals surface area contributed by atoms with E-state index < -0.39 is 0 Å². The third-order valence-corrected chi connectivity index (χ3v) is 5.66. The topological polar surface area (TPSA) is 42.2 Å². The summed E-state index contributed by atoms with van der Waals surface area (Å²) in [6.07, 6.45) is 1.80. The fraction of sp³-hybridized carbons (Fsp3) is 0.0741. The van der Waals surface area contributed by atoms with Crippen LogP contribution in [-0.4, -0.2) is 7.11 Å². The molecule has 5 heteroatoms. The van der Waals surface area contributed by atoms with E-state index in [2.05, 4.69) is 22.0 Å². The molecule has 0 fully saturated rings. The second-order valence-electron chi connectivity index (χ2n) is 7.15. The fourth-order valence-corrected chi connectivity index (χ4v) is 4.01. The van der Waals surface area contributed by atoms with E-state index >= 15 is 0 Å². The molecule has 3 nitrogen and oxygen atoms in total. The van der Waals surface area contributed by atoms with E-state index in [1.807, 2.05) is 48.5 Å². The standard InChI is InChI=1S/C27H19BrFNO2/c1-31-26-14-18(13-24(28)27(26)32-17-22-8-4-5-9-25(22)29)12-23(16-30)21-11-10-19-6-2-3-7-20(19)15-21/h2-15H,17H2,1H3. The Balaban J connectivity index is 1.65. The highest BCUT2D eigenvalue weighted by Crippen LogP contribution is 2.38. The van der Waals surface area contributed by atoms with Crippen molar-refractivity contribution in [2.45, 2.75) is 6.61 Å². The summed E-state index contributed by atoms with van der Waals surface area (Å²) < 4.78 is 25.9. The molecular formula is C27H19BrFNO2. The number of hydrogen-bond donors (Lipinski definition) is 0. The summed E-state index contributed by atoms with van der Waals surface area (Å²) in [4.78, 5) is 0. The van der Waals surface area contributed by atoms with E-state index in [1.165, 1.54) is 6.07 Å². The van der Waals surface area contributed by atoms with Crippen LogP contribution in [0.25, 0.3) is 22.4 Å². The molecule has 4 aromatic carbocycles. The van der Waals surface area contributed by atoms with Crippen molar-refractivity contribution in [3.8, 4) is 17.6 Å². The molecule has 0 spiro atoms. The van der Waals surface area contributed by atoms with E-state index in [1.54, 1.807) is 37.5 Å². The lowest BCUT2D eigenvalue weighted by molar-refractivity contribution is 0.278. The summed E-state index contributed by atoms with van der Waals surface area (Å²) in [5, 5.41) is 12.0. The summed E-state index contributed by atoms with van der Waals surface area (Å²) in [6, 6.07) is 26.4. The number of rotatable bonds is 6. The largest absolute Gasteiger partial charge is 0.493 e. The van der Waals surface area contributed by atoms with Gasteiger partial charge in [0.2, 0.25) is 0 Å². The van der Waals surface area contributed by atoms with Crippen molar-refractivity contribution in [3.05, 3.63) is 106 Å². The summed E-state index contributed by atoms with van der Waals surface area (Å²) in [6.45, 7) is 0.0668. The van der Waals surface area contributed by atoms with Gasteiger partial charge in [-0.1, -0.05) is 54.6 Å². The maximum absolute atomic E-state index is 13.9. The lowest BCUT2D eigenvalue weighted by atomic mass is 10.00. The average molecular weight is 488 g/mol. The highest BCUT2D eigenvalue weighted by Gasteiger charge is 2.13. The van der Waals surface area contributed by atoms with Crippen LogP contribution in [-0.2, 0) is 6.61 Å². The molecule has 0 bridgehead atoms. The Morgan fingerprint density at radius 2 is 1.75 bits per heavy atom. The fourth-order valence-electron chi connectivity index (χ4n) is 3.43. The maximum atomic E-state index is 13.9. The van der Waals surface area contributed by atoms with E-state index in [9.17, 15) is 9.65 Å². The molecule has 0 heterocycles. The Kier molecular flexibility index (Phi) is 6.53. The molecule has 0 unspecified atom stereocenters. The van der Waals surface area contributed by atoms with Gasteiger partial charge >= 0.3 is 0 Å². The molecule has 0 aliphatic heterocycles. The molecule has 0 saturated heterocycles. The molecule has 32 heavy (non-hydrogen) atoms. The maximum Gasteiger partial charge on any atom is 0.175 e. The van der Waals surface area contributed by atoms with Crippen LogP contribution in [0.4, 0.5) is 4.39 Å². The third kappa shape index (κ3) is 4.66. The molecule has 0 aliphatic rings. The van der Waals surface area contributed by atoms with Gasteiger partial charge in [-0.25, -0.2) is 4.39 Å². The Morgan fingerprint density at radius 1 is 1.00 bits per heavy atom. The van der Waals surface area contributed by atoms with Crippen LogP contribution < -0.4 is 9.47 Å². The molecule has 4 rings (SSSR count). The first-order chi connectivity index (χ1) is 15.6. The van der Waals surface area contributed by atoms with Crippen LogP contribution in [0.5, 0.6) is 11.5 Å². The number of ether oxygens (including phenoxy) is 2. The van der Waals surface area contributed by atoms with Crippen LogP contribution in [0.15, 0.2) is 83.3 Å². The SMILES string of the molecule is COc1cc(C=C(C#N)c2ccc3ccccc3c2)cc(Br)c1OCc1ccccc1F. The van der Waals surface area contributed by atoms with Gasteiger partial charge in [0.25, 0.3) is 0 Å². The minimum absolute atomic E-state index is 0.0668. The molecule has 0 amide bonds. The van der Waals surface area contributed by atoms with Crippen molar-refractivity contribution in [1.82, 2.24) is 0 Å². The van der Waals surface area contributed by atoms with Crippen molar-refractivity contribution in [3.63, 3.8) is 0 Å². The Morgan fingerprint density at radius 3 is 2.50 bits per heavy atom. The predicted octanol–water partition coefficient (Wildman–Crippen LogP) is 7.39. The van der Waals surface area contributed by atoms with Gasteiger partial charge in [0.05, 0.1) is 23.2 Å². The highest BCUT2D eigenvalue weighted by atomic mass is 79.9. The van der Waals surface area contributed by atoms with Gasteiger partial charge in [-0.05, 0) is 68.2 Å². The second-order valence-corrected chi connectivity index (χ2v) is 8.00. The monoisotopic (exact) mass is 487 g/mol. The van der Waals surface area contributed by atoms with Gasteiger partial charge in [-0.15, -0.1) is 0 Å². The first-order valence-electron chi connectivity index (χ1n) is 9.94. The van der Waals surface area contributed by atoms with Gasteiger partial charge in [-0.3, -0.25) is 0 Å². The van der Waals surface area contributed by atoms with Crippen LogP contribution in [0, 0.1) is 17.1 Å². The Hall–Kier alpha value is -3.62. The van der Waals surface area contributed by atoms with Crippen LogP contribution in [0.3, 0.4) is 0 Å². The summed E-state index contributed by atoms with van der Waals surface area (Å²) in [5.74, 6) is 0.631. The van der Waals surface area contributed by atoms with Crippen LogP contribution in [0.2, 0.25) is 0 Å². The summed E-state index contributed by atoms with van der Waals surface area (Å²) in [5.41, 5.74) is 2.59. The number of benzene rings is 4. The smallest absolute Gasteiger partial charge is 0.175 e. The van der Waals surface area contributed by atoms with E-state index in [4.69, 9.17) is 9.47 Å². The lowest BCUT2D eigenvalue weighted by Gasteiger charge is -2.14. The average Bonchev–Trinajstić information content (AvgIpc) is 2.82. The van der Waals surface area contributed by atoms with Crippen molar-refractivity contribution in [2.75, 3.05) is 7.11 Å². The normalized spacial score (nSPS) is 11.2. The number of allylic oxidation sites excluding steroid dienone is 1. The predicted molar refractivity (Wildman–Crippen MR) is 129 cm³/mol. The molecule has 0 N–H and O–H groups in total. The van der Waals surface area contributed by atoms with Gasteiger partial charge < -0.3 is 9.47 Å². The van der Waals surface area contributed by atoms with Gasteiger partial charge in [0.1, 0.15) is 12.4 Å². The molecule has 4 aromatic rings. The van der Waals surface area contributed by atoms with Crippen LogP contribution in [0.1, 0.15) is 16.7 Å². The van der Waals surface area contributed by atoms with Gasteiger partial charge in [0, 0.05) is 5.56 Å². The first kappa shape index (κ1) is 21.6. The lowest BCUT2D eigenvalue weighted by Crippen LogP contribution is -2.01. The van der Waals surface area contributed by atoms with Crippen molar-refractivity contribution >= 4 is 38.4 Å². The zero-order valence-electron chi connectivity index (χ0n) is 17.3. The van der Waals surface area contributed by atoms with E-state index in [0.29, 0.717) is 27.1 Å². The zero-order chi connectivity index (χ0) is 22.5. The molecule has 0 atom stereocenters. The number of hydrogen-bond acceptors (Lipinski definition) is 3.